The number of hydrogen-bond donors (Lipinski definition) is 0. The number of benzene rings is 2. The number of fused-ring (bicyclic) bond motifs is 2. The van der Waals surface area contributed by atoms with Crippen molar-refractivity contribution in [3.63, 3.8) is 0 Å². The van der Waals surface area contributed by atoms with Crippen molar-refractivity contribution in [3.8, 4) is 23.0 Å². The molecule has 14 nitrogen and oxygen atoms in total. The number of likely N-dealkylation sites (N-methyl/N-ethyl adjacent to an activating group) is 2. The number of amides is 2. The first-order valence-corrected chi connectivity index (χ1v) is 17.8. The third-order valence-corrected chi connectivity index (χ3v) is 10.1. The lowest BCUT2D eigenvalue weighted by atomic mass is 9.78. The summed E-state index contributed by atoms with van der Waals surface area (Å²) in [4.78, 5) is 32.3. The Morgan fingerprint density at radius 1 is 0.706 bits per heavy atom. The van der Waals surface area contributed by atoms with Gasteiger partial charge >= 0.3 is 12.2 Å². The van der Waals surface area contributed by atoms with Crippen LogP contribution in [0.15, 0.2) is 36.4 Å². The van der Waals surface area contributed by atoms with Gasteiger partial charge < -0.3 is 47.7 Å². The molecule has 0 N–H and O–H groups in total. The molecule has 0 bridgehead atoms. The van der Waals surface area contributed by atoms with E-state index in [4.69, 9.17) is 37.9 Å². The fourth-order valence-corrected chi connectivity index (χ4v) is 6.64. The second-order valence-corrected chi connectivity index (χ2v) is 14.1. The highest BCUT2D eigenvalue weighted by molar-refractivity contribution is 5.68. The number of carbonyl (C=O) groups is 2. The molecule has 280 valence electrons. The number of hydrogen-bond acceptors (Lipinski definition) is 12. The van der Waals surface area contributed by atoms with Crippen LogP contribution in [0, 0.1) is 5.41 Å². The molecule has 5 aliphatic rings. The Morgan fingerprint density at radius 2 is 1.18 bits per heavy atom. The van der Waals surface area contributed by atoms with Crippen LogP contribution in [-0.2, 0) is 31.8 Å². The van der Waals surface area contributed by atoms with Crippen LogP contribution in [0.1, 0.15) is 25.0 Å². The largest absolute Gasteiger partial charge is 0.454 e. The zero-order chi connectivity index (χ0) is 35.8. The standard InChI is InChI=1S/C19H26N2O5.C18H26N2O5/c1-14(7-15-3-4-16-17(8-15)26-13-25-16)20(2)18(22)24-6-5-21-9-19(10-21)11-23-12-19;1-14(11-15-3-4-16-17(12-15)25-13-24-16)19(2)18(21)23-10-7-20-5-8-22-9-6-20/h3-4,8,14H,5-7,9-13H2,1-2H3;3-4,12,14H,5-11,13H2,1-2H3. The molecule has 0 radical (unpaired) electrons. The van der Waals surface area contributed by atoms with Gasteiger partial charge in [0.15, 0.2) is 23.0 Å². The fraction of sp³-hybridized carbons (Fsp3) is 0.622. The highest BCUT2D eigenvalue weighted by atomic mass is 16.7. The van der Waals surface area contributed by atoms with Crippen molar-refractivity contribution < 1.29 is 47.5 Å². The lowest BCUT2D eigenvalue weighted by Crippen LogP contribution is -2.66. The molecule has 0 saturated carbocycles. The minimum Gasteiger partial charge on any atom is -0.454 e. The van der Waals surface area contributed by atoms with E-state index in [1.165, 1.54) is 0 Å². The van der Waals surface area contributed by atoms with Gasteiger partial charge in [-0.15, -0.1) is 0 Å². The molecular formula is C37H52N4O10. The number of ether oxygens (including phenoxy) is 8. The monoisotopic (exact) mass is 712 g/mol. The quantitative estimate of drug-likeness (QED) is 0.321. The topological polar surface area (TPSA) is 121 Å². The minimum absolute atomic E-state index is 0.0243. The Bertz CT molecular complexity index is 1480. The Balaban J connectivity index is 0.000000176. The van der Waals surface area contributed by atoms with Gasteiger partial charge in [-0.05, 0) is 62.1 Å². The van der Waals surface area contributed by atoms with Gasteiger partial charge in [0.25, 0.3) is 0 Å². The van der Waals surface area contributed by atoms with E-state index in [9.17, 15) is 9.59 Å². The molecule has 51 heavy (non-hydrogen) atoms. The predicted octanol–water partition coefficient (Wildman–Crippen LogP) is 3.49. The smallest absolute Gasteiger partial charge is 0.409 e. The van der Waals surface area contributed by atoms with Crippen molar-refractivity contribution in [2.45, 2.75) is 38.8 Å². The summed E-state index contributed by atoms with van der Waals surface area (Å²) in [5, 5.41) is 0. The SMILES string of the molecule is CC(Cc1ccc2c(c1)OCO2)N(C)C(=O)OCCN1CC2(COC2)C1.CC(Cc1ccc2c(c1)OCO2)N(C)C(=O)OCCN1CCOCC1. The van der Waals surface area contributed by atoms with E-state index in [0.29, 0.717) is 18.6 Å². The van der Waals surface area contributed by atoms with Gasteiger partial charge in [-0.2, -0.15) is 0 Å². The van der Waals surface area contributed by atoms with E-state index in [0.717, 1.165) is 113 Å². The summed E-state index contributed by atoms with van der Waals surface area (Å²) in [5.41, 5.74) is 2.61. The molecule has 5 aliphatic heterocycles. The van der Waals surface area contributed by atoms with E-state index in [1.54, 1.807) is 23.9 Å². The van der Waals surface area contributed by atoms with E-state index in [2.05, 4.69) is 9.80 Å². The molecule has 3 saturated heterocycles. The van der Waals surface area contributed by atoms with Gasteiger partial charge in [0.2, 0.25) is 13.6 Å². The Hall–Kier alpha value is -3.98. The highest BCUT2D eigenvalue weighted by Crippen LogP contribution is 2.37. The normalized spacial score (nSPS) is 19.5. The average Bonchev–Trinajstić information content (AvgIpc) is 3.77. The zero-order valence-electron chi connectivity index (χ0n) is 30.3. The van der Waals surface area contributed by atoms with Crippen LogP contribution < -0.4 is 18.9 Å². The fourth-order valence-electron chi connectivity index (χ4n) is 6.64. The number of nitrogens with zero attached hydrogens (tertiary/aromatic N) is 4. The molecule has 2 amide bonds. The number of morpholine rings is 1. The molecule has 0 aliphatic carbocycles. The molecule has 2 atom stereocenters. The number of rotatable bonds is 12. The lowest BCUT2D eigenvalue weighted by Gasteiger charge is -2.55. The average molecular weight is 713 g/mol. The summed E-state index contributed by atoms with van der Waals surface area (Å²) in [6, 6.07) is 11.8. The molecule has 2 aromatic carbocycles. The van der Waals surface area contributed by atoms with E-state index >= 15 is 0 Å². The number of carbonyl (C=O) groups excluding carboxylic acids is 2. The second kappa shape index (κ2) is 17.0. The van der Waals surface area contributed by atoms with Gasteiger partial charge in [0.05, 0.1) is 26.4 Å². The van der Waals surface area contributed by atoms with Gasteiger partial charge in [0, 0.05) is 70.9 Å². The first-order valence-electron chi connectivity index (χ1n) is 17.8. The molecule has 2 aromatic rings. The van der Waals surface area contributed by atoms with Crippen LogP contribution in [0.2, 0.25) is 0 Å². The summed E-state index contributed by atoms with van der Waals surface area (Å²) in [5.74, 6) is 3.08. The Labute approximate surface area is 300 Å². The van der Waals surface area contributed by atoms with Crippen LogP contribution >= 0.6 is 0 Å². The van der Waals surface area contributed by atoms with Crippen LogP contribution in [0.25, 0.3) is 0 Å². The van der Waals surface area contributed by atoms with Crippen molar-refractivity contribution in [1.82, 2.24) is 19.6 Å². The molecule has 0 aromatic heterocycles. The zero-order valence-corrected chi connectivity index (χ0v) is 30.3. The summed E-state index contributed by atoms with van der Waals surface area (Å²) >= 11 is 0. The first-order chi connectivity index (χ1) is 24.7. The number of likely N-dealkylation sites (tertiary alicyclic amines) is 1. The van der Waals surface area contributed by atoms with Crippen molar-refractivity contribution >= 4 is 12.2 Å². The van der Waals surface area contributed by atoms with Gasteiger partial charge in [0.1, 0.15) is 13.2 Å². The minimum atomic E-state index is -0.290. The molecule has 14 heteroatoms. The molecule has 2 unspecified atom stereocenters. The first kappa shape index (κ1) is 36.8. The van der Waals surface area contributed by atoms with Crippen LogP contribution in [0.5, 0.6) is 23.0 Å². The van der Waals surface area contributed by atoms with Crippen molar-refractivity contribution in [3.05, 3.63) is 47.5 Å². The van der Waals surface area contributed by atoms with Crippen molar-refractivity contribution in [2.24, 2.45) is 5.41 Å². The lowest BCUT2D eigenvalue weighted by molar-refractivity contribution is -0.190. The molecule has 1 spiro atoms. The Morgan fingerprint density at radius 3 is 1.65 bits per heavy atom. The van der Waals surface area contributed by atoms with Crippen LogP contribution in [0.4, 0.5) is 9.59 Å². The van der Waals surface area contributed by atoms with Crippen LogP contribution in [0.3, 0.4) is 0 Å². The predicted molar refractivity (Wildman–Crippen MR) is 187 cm³/mol. The maximum Gasteiger partial charge on any atom is 0.409 e. The molecular weight excluding hydrogens is 660 g/mol. The van der Waals surface area contributed by atoms with Crippen molar-refractivity contribution in [1.29, 1.82) is 0 Å². The van der Waals surface area contributed by atoms with Gasteiger partial charge in [-0.1, -0.05) is 12.1 Å². The van der Waals surface area contributed by atoms with Crippen LogP contribution in [-0.4, -0.2) is 150 Å². The summed E-state index contributed by atoms with van der Waals surface area (Å²) in [6.07, 6.45) is 0.893. The van der Waals surface area contributed by atoms with Gasteiger partial charge in [-0.3, -0.25) is 9.80 Å². The van der Waals surface area contributed by atoms with Gasteiger partial charge in [-0.25, -0.2) is 9.59 Å². The summed E-state index contributed by atoms with van der Waals surface area (Å²) < 4.78 is 42.9. The van der Waals surface area contributed by atoms with Crippen molar-refractivity contribution in [2.75, 3.05) is 107 Å². The Kier molecular flexibility index (Phi) is 12.3. The summed E-state index contributed by atoms with van der Waals surface area (Å²) in [7, 11) is 3.55. The summed E-state index contributed by atoms with van der Waals surface area (Å²) in [6.45, 7) is 14.1. The van der Waals surface area contributed by atoms with E-state index in [1.807, 2.05) is 50.2 Å². The molecule has 3 fully saturated rings. The molecule has 7 rings (SSSR count). The van der Waals surface area contributed by atoms with E-state index in [-0.39, 0.29) is 37.9 Å². The third-order valence-electron chi connectivity index (χ3n) is 10.1. The maximum atomic E-state index is 12.3. The molecule has 5 heterocycles. The third kappa shape index (κ3) is 9.67. The second-order valence-electron chi connectivity index (χ2n) is 14.1. The highest BCUT2D eigenvalue weighted by Gasteiger charge is 2.48. The maximum absolute atomic E-state index is 12.3. The van der Waals surface area contributed by atoms with E-state index < -0.39 is 0 Å².